The fourth-order valence-electron chi connectivity index (χ4n) is 3.52. The topological polar surface area (TPSA) is 88.5 Å². The molecule has 1 unspecified atom stereocenters. The molecule has 0 bridgehead atoms. The van der Waals surface area contributed by atoms with Crippen LogP contribution in [-0.2, 0) is 14.8 Å². The van der Waals surface area contributed by atoms with Gasteiger partial charge in [-0.25, -0.2) is 8.42 Å². The summed E-state index contributed by atoms with van der Waals surface area (Å²) in [5.41, 5.74) is 3.73. The molecule has 1 heterocycles. The van der Waals surface area contributed by atoms with E-state index >= 15 is 0 Å². The number of nitrogens with zero attached hydrogens (tertiary/aromatic N) is 2. The molecule has 1 amide bonds. The highest BCUT2D eigenvalue weighted by atomic mass is 32.2. The Morgan fingerprint density at radius 2 is 1.74 bits per heavy atom. The van der Waals surface area contributed by atoms with E-state index in [9.17, 15) is 18.0 Å². The van der Waals surface area contributed by atoms with E-state index in [0.717, 1.165) is 43.2 Å². The number of hydrogen-bond acceptors (Lipinski definition) is 5. The Morgan fingerprint density at radius 3 is 2.32 bits per heavy atom. The molecule has 0 fully saturated rings. The number of thiazole rings is 1. The van der Waals surface area contributed by atoms with Gasteiger partial charge in [0.05, 0.1) is 22.2 Å². The van der Waals surface area contributed by atoms with Gasteiger partial charge in [-0.15, -0.1) is 0 Å². The molecule has 3 aromatic rings. The Kier molecular flexibility index (Phi) is 6.29. The number of benzene rings is 2. The van der Waals surface area contributed by atoms with E-state index in [1.165, 1.54) is 0 Å². The van der Waals surface area contributed by atoms with Crippen LogP contribution in [-0.4, -0.2) is 31.2 Å². The number of carbonyl (C=O) groups excluding carboxylic acids is 1. The number of aryl methyl sites for hydroxylation is 2. The number of carbonyl (C=O) groups is 1. The van der Waals surface area contributed by atoms with Crippen molar-refractivity contribution in [1.29, 1.82) is 0 Å². The Labute approximate surface area is 186 Å². The van der Waals surface area contributed by atoms with Gasteiger partial charge in [-0.05, 0) is 76.1 Å². The molecule has 1 atom stereocenters. The number of sulfonamides is 1. The Balaban J connectivity index is 1.92. The summed E-state index contributed by atoms with van der Waals surface area (Å²) in [7, 11) is -3.70. The molecule has 1 aromatic heterocycles. The minimum Gasteiger partial charge on any atom is -0.324 e. The second-order valence-corrected chi connectivity index (χ2v) is 10.9. The molecular weight excluding hydrogens is 434 g/mol. The van der Waals surface area contributed by atoms with E-state index < -0.39 is 22.0 Å². The first-order chi connectivity index (χ1) is 14.4. The molecule has 2 aromatic carbocycles. The zero-order chi connectivity index (χ0) is 23.1. The van der Waals surface area contributed by atoms with Crippen LogP contribution in [0.4, 0.5) is 11.4 Å². The van der Waals surface area contributed by atoms with Crippen molar-refractivity contribution in [3.63, 3.8) is 0 Å². The smallest absolute Gasteiger partial charge is 0.308 e. The van der Waals surface area contributed by atoms with E-state index in [2.05, 4.69) is 5.32 Å². The monoisotopic (exact) mass is 461 g/mol. The van der Waals surface area contributed by atoms with Crippen LogP contribution in [0.25, 0.3) is 10.2 Å². The van der Waals surface area contributed by atoms with Crippen LogP contribution in [0.3, 0.4) is 0 Å². The summed E-state index contributed by atoms with van der Waals surface area (Å²) in [6.07, 6.45) is 1.09. The number of aromatic nitrogens is 1. The molecule has 0 spiro atoms. The maximum atomic E-state index is 13.0. The Bertz CT molecular complexity index is 1310. The highest BCUT2D eigenvalue weighted by Crippen LogP contribution is 2.26. The summed E-state index contributed by atoms with van der Waals surface area (Å²) < 4.78 is 28.6. The fraction of sp³-hybridized carbons (Fsp3) is 0.364. The van der Waals surface area contributed by atoms with E-state index in [0.29, 0.717) is 11.4 Å². The number of amides is 1. The van der Waals surface area contributed by atoms with Crippen LogP contribution >= 0.6 is 11.3 Å². The molecule has 0 saturated carbocycles. The largest absolute Gasteiger partial charge is 0.324 e. The average Bonchev–Trinajstić information content (AvgIpc) is 2.98. The molecule has 3 rings (SSSR count). The Morgan fingerprint density at radius 1 is 1.06 bits per heavy atom. The van der Waals surface area contributed by atoms with Gasteiger partial charge in [-0.3, -0.25) is 18.5 Å². The van der Waals surface area contributed by atoms with Gasteiger partial charge in [0.25, 0.3) is 0 Å². The van der Waals surface area contributed by atoms with Crippen molar-refractivity contribution in [2.24, 2.45) is 0 Å². The lowest BCUT2D eigenvalue weighted by Gasteiger charge is -2.28. The van der Waals surface area contributed by atoms with E-state index in [1.807, 2.05) is 33.8 Å². The van der Waals surface area contributed by atoms with Crippen LogP contribution in [0.2, 0.25) is 0 Å². The van der Waals surface area contributed by atoms with Gasteiger partial charge in [0.2, 0.25) is 15.9 Å². The quantitative estimate of drug-likeness (QED) is 0.600. The molecule has 1 N–H and O–H groups in total. The first kappa shape index (κ1) is 23.0. The molecule has 0 radical (unpaired) electrons. The number of anilines is 2. The second kappa shape index (κ2) is 8.47. The minimum absolute atomic E-state index is 0.0306. The number of rotatable bonds is 6. The third-order valence-corrected chi connectivity index (χ3v) is 7.39. The van der Waals surface area contributed by atoms with Crippen LogP contribution in [0, 0.1) is 13.8 Å². The maximum absolute atomic E-state index is 13.0. The van der Waals surface area contributed by atoms with Crippen molar-refractivity contribution in [2.45, 2.75) is 46.7 Å². The lowest BCUT2D eigenvalue weighted by Crippen LogP contribution is -2.45. The van der Waals surface area contributed by atoms with Crippen LogP contribution in [0.5, 0.6) is 0 Å². The van der Waals surface area contributed by atoms with Gasteiger partial charge in [0.1, 0.15) is 6.04 Å². The second-order valence-electron chi connectivity index (χ2n) is 8.01. The van der Waals surface area contributed by atoms with Gasteiger partial charge in [0.15, 0.2) is 0 Å². The lowest BCUT2D eigenvalue weighted by atomic mass is 10.1. The standard InChI is InChI=1S/C22H27N3O4S2/c1-13(2)24-19-10-8-17(12-20(19)30-22(24)27)23-21(26)16(5)25(31(6,28)29)18-9-7-14(3)15(4)11-18/h7-13,16H,1-6H3,(H,23,26). The zero-order valence-electron chi connectivity index (χ0n) is 18.5. The predicted molar refractivity (Wildman–Crippen MR) is 128 cm³/mol. The summed E-state index contributed by atoms with van der Waals surface area (Å²) in [6, 6.07) is 9.62. The highest BCUT2D eigenvalue weighted by molar-refractivity contribution is 7.92. The molecule has 0 aliphatic heterocycles. The van der Waals surface area contributed by atoms with Gasteiger partial charge in [-0.2, -0.15) is 0 Å². The van der Waals surface area contributed by atoms with E-state index in [-0.39, 0.29) is 10.9 Å². The minimum atomic E-state index is -3.70. The van der Waals surface area contributed by atoms with Crippen molar-refractivity contribution in [1.82, 2.24) is 4.57 Å². The molecule has 166 valence electrons. The fourth-order valence-corrected chi connectivity index (χ4v) is 5.74. The highest BCUT2D eigenvalue weighted by Gasteiger charge is 2.29. The van der Waals surface area contributed by atoms with Crippen molar-refractivity contribution in [3.05, 3.63) is 57.2 Å². The van der Waals surface area contributed by atoms with E-state index in [1.54, 1.807) is 41.8 Å². The zero-order valence-corrected chi connectivity index (χ0v) is 20.1. The molecule has 9 heteroatoms. The first-order valence-corrected chi connectivity index (χ1v) is 12.6. The van der Waals surface area contributed by atoms with Crippen molar-refractivity contribution in [2.75, 3.05) is 15.9 Å². The number of nitrogens with one attached hydrogen (secondary N) is 1. The number of hydrogen-bond donors (Lipinski definition) is 1. The molecule has 0 aliphatic rings. The third-order valence-electron chi connectivity index (χ3n) is 5.23. The van der Waals surface area contributed by atoms with Crippen molar-refractivity contribution >= 4 is 48.9 Å². The summed E-state index contributed by atoms with van der Waals surface area (Å²) in [5, 5.41) is 2.79. The first-order valence-electron chi connectivity index (χ1n) is 9.92. The van der Waals surface area contributed by atoms with Gasteiger partial charge < -0.3 is 5.32 Å². The average molecular weight is 462 g/mol. The normalized spacial score (nSPS) is 12.9. The third kappa shape index (κ3) is 4.67. The van der Waals surface area contributed by atoms with Gasteiger partial charge in [-0.1, -0.05) is 17.4 Å². The van der Waals surface area contributed by atoms with Gasteiger partial charge >= 0.3 is 4.87 Å². The van der Waals surface area contributed by atoms with Crippen molar-refractivity contribution < 1.29 is 13.2 Å². The predicted octanol–water partition coefficient (Wildman–Crippen LogP) is 4.05. The molecule has 31 heavy (non-hydrogen) atoms. The van der Waals surface area contributed by atoms with E-state index in [4.69, 9.17) is 0 Å². The maximum Gasteiger partial charge on any atom is 0.308 e. The molecule has 7 nitrogen and oxygen atoms in total. The lowest BCUT2D eigenvalue weighted by molar-refractivity contribution is -0.116. The molecule has 0 saturated heterocycles. The summed E-state index contributed by atoms with van der Waals surface area (Å²) in [6.45, 7) is 9.28. The SMILES string of the molecule is Cc1ccc(N(C(C)C(=O)Nc2ccc3c(c2)sc(=O)n3C(C)C)S(C)(=O)=O)cc1C. The van der Waals surface area contributed by atoms with Crippen molar-refractivity contribution in [3.8, 4) is 0 Å². The van der Waals surface area contributed by atoms with Gasteiger partial charge in [0, 0.05) is 11.7 Å². The summed E-state index contributed by atoms with van der Waals surface area (Å²) >= 11 is 1.12. The summed E-state index contributed by atoms with van der Waals surface area (Å²) in [4.78, 5) is 25.2. The van der Waals surface area contributed by atoms with Crippen LogP contribution in [0.1, 0.15) is 37.9 Å². The molecule has 0 aliphatic carbocycles. The number of fused-ring (bicyclic) bond motifs is 1. The van der Waals surface area contributed by atoms with Crippen LogP contribution < -0.4 is 14.5 Å². The van der Waals surface area contributed by atoms with Crippen LogP contribution in [0.15, 0.2) is 41.2 Å². The summed E-state index contributed by atoms with van der Waals surface area (Å²) in [5.74, 6) is -0.460. The Hall–Kier alpha value is -2.65. The molecular formula is C22H27N3O4S2.